The fourth-order valence-electron chi connectivity index (χ4n) is 4.72. The van der Waals surface area contributed by atoms with E-state index in [1.165, 1.54) is 11.1 Å². The van der Waals surface area contributed by atoms with Crippen molar-refractivity contribution in [2.75, 3.05) is 0 Å². The predicted octanol–water partition coefficient (Wildman–Crippen LogP) is 3.39. The molecule has 2 saturated carbocycles. The number of fused-ring (bicyclic) bond motifs is 1. The van der Waals surface area contributed by atoms with E-state index in [1.54, 1.807) is 0 Å². The zero-order valence-corrected chi connectivity index (χ0v) is 12.5. The van der Waals surface area contributed by atoms with Gasteiger partial charge in [-0.3, -0.25) is 4.55 Å². The summed E-state index contributed by atoms with van der Waals surface area (Å²) in [6, 6.07) is 0. The smallest absolute Gasteiger partial charge is 0.282 e. The first-order valence-electron chi connectivity index (χ1n) is 7.19. The number of rotatable bonds is 1. The minimum absolute atomic E-state index is 0.159. The van der Waals surface area contributed by atoms with E-state index < -0.39 is 10.1 Å². The molecule has 4 aliphatic rings. The van der Waals surface area contributed by atoms with Crippen LogP contribution in [-0.4, -0.2) is 13.0 Å². The molecule has 0 aromatic rings. The van der Waals surface area contributed by atoms with Crippen molar-refractivity contribution < 1.29 is 13.0 Å². The van der Waals surface area contributed by atoms with Crippen molar-refractivity contribution >= 4 is 10.1 Å². The van der Waals surface area contributed by atoms with Crippen LogP contribution in [0.4, 0.5) is 0 Å². The summed E-state index contributed by atoms with van der Waals surface area (Å²) >= 11 is 0. The normalized spacial score (nSPS) is 38.5. The Kier molecular flexibility index (Phi) is 2.23. The molecule has 3 unspecified atom stereocenters. The highest BCUT2D eigenvalue weighted by molar-refractivity contribution is 7.90. The van der Waals surface area contributed by atoms with Gasteiger partial charge in [-0.25, -0.2) is 0 Å². The maximum Gasteiger partial charge on any atom is 0.295 e. The molecule has 4 aliphatic carbocycles. The van der Waals surface area contributed by atoms with E-state index in [4.69, 9.17) is 0 Å². The molecule has 4 rings (SSSR count). The molecule has 3 nitrogen and oxygen atoms in total. The molecule has 0 aromatic carbocycles. The lowest BCUT2D eigenvalue weighted by molar-refractivity contribution is 0.175. The Labute approximate surface area is 119 Å². The highest BCUT2D eigenvalue weighted by Gasteiger charge is 2.59. The van der Waals surface area contributed by atoms with Crippen molar-refractivity contribution in [1.82, 2.24) is 0 Å². The van der Waals surface area contributed by atoms with Crippen LogP contribution >= 0.6 is 0 Å². The molecule has 1 spiro atoms. The van der Waals surface area contributed by atoms with Gasteiger partial charge in [0.1, 0.15) is 4.91 Å². The average Bonchev–Trinajstić information content (AvgIpc) is 2.36. The Balaban J connectivity index is 2.06. The molecule has 0 aliphatic heterocycles. The first kappa shape index (κ1) is 12.6. The lowest BCUT2D eigenvalue weighted by Gasteiger charge is -2.59. The van der Waals surface area contributed by atoms with E-state index in [0.29, 0.717) is 11.8 Å². The average molecular weight is 290 g/mol. The van der Waals surface area contributed by atoms with Crippen LogP contribution in [0, 0.1) is 17.3 Å². The van der Waals surface area contributed by atoms with Crippen LogP contribution in [0.1, 0.15) is 33.1 Å². The first-order valence-corrected chi connectivity index (χ1v) is 8.63. The second-order valence-corrected chi connectivity index (χ2v) is 7.93. The Morgan fingerprint density at radius 3 is 2.65 bits per heavy atom. The third-order valence-corrected chi connectivity index (χ3v) is 6.62. The lowest BCUT2D eigenvalue weighted by atomic mass is 9.45. The van der Waals surface area contributed by atoms with E-state index in [2.05, 4.69) is 19.9 Å². The Morgan fingerprint density at radius 2 is 2.05 bits per heavy atom. The quantitative estimate of drug-likeness (QED) is 0.753. The third-order valence-electron chi connectivity index (χ3n) is 5.64. The molecule has 1 N–H and O–H groups in total. The maximum absolute atomic E-state index is 11.9. The van der Waals surface area contributed by atoms with Crippen LogP contribution in [0.2, 0.25) is 0 Å². The highest BCUT2D eigenvalue weighted by atomic mass is 32.2. The zero-order chi connectivity index (χ0) is 14.3. The Bertz CT molecular complexity index is 749. The molecular weight excluding hydrogens is 272 g/mol. The molecular formula is C16H18O3S. The molecule has 20 heavy (non-hydrogen) atoms. The molecule has 106 valence electrons. The van der Waals surface area contributed by atoms with Gasteiger partial charge in [0, 0.05) is 5.41 Å². The van der Waals surface area contributed by atoms with E-state index >= 15 is 0 Å². The van der Waals surface area contributed by atoms with Crippen molar-refractivity contribution in [3.05, 3.63) is 45.4 Å². The van der Waals surface area contributed by atoms with E-state index in [9.17, 15) is 13.0 Å². The molecule has 2 fully saturated rings. The van der Waals surface area contributed by atoms with Crippen LogP contribution in [0.5, 0.6) is 0 Å². The summed E-state index contributed by atoms with van der Waals surface area (Å²) in [5.74, 6) is 0.862. The van der Waals surface area contributed by atoms with Crippen LogP contribution in [0.3, 0.4) is 0 Å². The Morgan fingerprint density at radius 1 is 1.30 bits per heavy atom. The highest BCUT2D eigenvalue weighted by Crippen LogP contribution is 2.69. The predicted molar refractivity (Wildman–Crippen MR) is 77.4 cm³/mol. The van der Waals surface area contributed by atoms with Gasteiger partial charge in [0.05, 0.1) is 0 Å². The van der Waals surface area contributed by atoms with Gasteiger partial charge < -0.3 is 0 Å². The summed E-state index contributed by atoms with van der Waals surface area (Å²) in [4.78, 5) is 0.213. The molecule has 0 bridgehead atoms. The maximum atomic E-state index is 11.9. The number of hydrogen-bond donors (Lipinski definition) is 1. The summed E-state index contributed by atoms with van der Waals surface area (Å²) in [7, 11) is -4.16. The third kappa shape index (κ3) is 1.23. The molecule has 0 radical (unpaired) electrons. The number of allylic oxidation sites excluding steroid dienone is 7. The van der Waals surface area contributed by atoms with Gasteiger partial charge in [-0.05, 0) is 47.8 Å². The molecule has 3 atom stereocenters. The van der Waals surface area contributed by atoms with E-state index in [0.717, 1.165) is 30.4 Å². The monoisotopic (exact) mass is 290 g/mol. The molecule has 0 amide bonds. The SMILES string of the molecule is CC1CC2=C(S(=O)(=O)O)C3=CC=CCC34C(=C21)CC4C. The van der Waals surface area contributed by atoms with Gasteiger partial charge in [0.25, 0.3) is 10.1 Å². The van der Waals surface area contributed by atoms with E-state index in [-0.39, 0.29) is 10.3 Å². The molecule has 0 aromatic heterocycles. The van der Waals surface area contributed by atoms with Gasteiger partial charge >= 0.3 is 0 Å². The first-order chi connectivity index (χ1) is 9.37. The van der Waals surface area contributed by atoms with Crippen LogP contribution < -0.4 is 0 Å². The summed E-state index contributed by atoms with van der Waals surface area (Å²) in [5, 5.41) is 0. The Hall–Kier alpha value is -1.13. The second kappa shape index (κ2) is 3.55. The summed E-state index contributed by atoms with van der Waals surface area (Å²) < 4.78 is 33.6. The van der Waals surface area contributed by atoms with Gasteiger partial charge in [-0.15, -0.1) is 0 Å². The minimum atomic E-state index is -4.16. The number of hydrogen-bond acceptors (Lipinski definition) is 2. The van der Waals surface area contributed by atoms with Crippen molar-refractivity contribution in [1.29, 1.82) is 0 Å². The fourth-order valence-corrected chi connectivity index (χ4v) is 5.76. The molecule has 4 heteroatoms. The van der Waals surface area contributed by atoms with Crippen LogP contribution in [0.15, 0.2) is 45.4 Å². The minimum Gasteiger partial charge on any atom is -0.282 e. The van der Waals surface area contributed by atoms with Crippen LogP contribution in [-0.2, 0) is 10.1 Å². The summed E-state index contributed by atoms with van der Waals surface area (Å²) in [5.41, 5.74) is 4.21. The lowest BCUT2D eigenvalue weighted by Crippen LogP contribution is -2.50. The van der Waals surface area contributed by atoms with Gasteiger partial charge in [-0.2, -0.15) is 8.42 Å². The fraction of sp³-hybridized carbons (Fsp3) is 0.500. The van der Waals surface area contributed by atoms with E-state index in [1.807, 2.05) is 12.2 Å². The molecule has 0 heterocycles. The second-order valence-electron chi connectivity index (χ2n) is 6.57. The van der Waals surface area contributed by atoms with Gasteiger partial charge in [0.2, 0.25) is 0 Å². The van der Waals surface area contributed by atoms with Gasteiger partial charge in [0.15, 0.2) is 0 Å². The largest absolute Gasteiger partial charge is 0.295 e. The zero-order valence-electron chi connectivity index (χ0n) is 11.7. The van der Waals surface area contributed by atoms with Crippen molar-refractivity contribution in [2.24, 2.45) is 17.3 Å². The van der Waals surface area contributed by atoms with Crippen molar-refractivity contribution in [2.45, 2.75) is 33.1 Å². The topological polar surface area (TPSA) is 54.4 Å². The standard InChI is InChI=1S/C16H18O3S/c1-9-7-11-14(9)13-8-10(2)16(13)6-4-3-5-12(16)15(11)20(17,18)19/h3-5,9-10H,6-8H2,1-2H3,(H,17,18,19). The summed E-state index contributed by atoms with van der Waals surface area (Å²) in [6.07, 6.45) is 8.62. The molecule has 0 saturated heterocycles. The van der Waals surface area contributed by atoms with Crippen LogP contribution in [0.25, 0.3) is 0 Å². The van der Waals surface area contributed by atoms with Gasteiger partial charge in [-0.1, -0.05) is 37.6 Å². The van der Waals surface area contributed by atoms with Crippen molar-refractivity contribution in [3.63, 3.8) is 0 Å². The van der Waals surface area contributed by atoms with Crippen molar-refractivity contribution in [3.8, 4) is 0 Å². The summed E-state index contributed by atoms with van der Waals surface area (Å²) in [6.45, 7) is 4.34.